The molecule has 1 aromatic carbocycles. The minimum Gasteiger partial charge on any atom is -0.302 e. The number of likely N-dealkylation sites (N-methyl/N-ethyl adjacent to an activating group) is 1. The average molecular weight is 233 g/mol. The van der Waals surface area contributed by atoms with Gasteiger partial charge in [-0.3, -0.25) is 4.79 Å². The second-order valence-electron chi connectivity index (χ2n) is 5.90. The third-order valence-corrected chi connectivity index (χ3v) is 2.71. The Hall–Kier alpha value is -1.15. The van der Waals surface area contributed by atoms with Crippen LogP contribution in [0.3, 0.4) is 0 Å². The number of carbonyl (C=O) groups excluding carboxylic acids is 1. The molecule has 0 unspecified atom stereocenters. The van der Waals surface area contributed by atoms with Gasteiger partial charge >= 0.3 is 0 Å². The standard InChI is InChI=1S/C15H23NO/c1-15(2,3)13-8-6-12(7-9-13)10-14(17)11-16(4)5/h6-9H,10-11H2,1-5H3. The van der Waals surface area contributed by atoms with Gasteiger partial charge in [-0.25, -0.2) is 0 Å². The zero-order valence-corrected chi connectivity index (χ0v) is 11.6. The summed E-state index contributed by atoms with van der Waals surface area (Å²) in [4.78, 5) is 13.6. The van der Waals surface area contributed by atoms with Gasteiger partial charge in [0.2, 0.25) is 0 Å². The largest absolute Gasteiger partial charge is 0.302 e. The first kappa shape index (κ1) is 13.9. The van der Waals surface area contributed by atoms with E-state index < -0.39 is 0 Å². The Balaban J connectivity index is 2.66. The van der Waals surface area contributed by atoms with E-state index in [2.05, 4.69) is 45.0 Å². The molecular formula is C15H23NO. The van der Waals surface area contributed by atoms with Crippen LogP contribution in [0, 0.1) is 0 Å². The number of rotatable bonds is 4. The number of hydrogen-bond donors (Lipinski definition) is 0. The van der Waals surface area contributed by atoms with Gasteiger partial charge in [-0.1, -0.05) is 45.0 Å². The average Bonchev–Trinajstić information content (AvgIpc) is 2.15. The first-order valence-corrected chi connectivity index (χ1v) is 6.05. The third kappa shape index (κ3) is 4.70. The molecule has 0 saturated carbocycles. The zero-order chi connectivity index (χ0) is 13.1. The van der Waals surface area contributed by atoms with Gasteiger partial charge in [0.25, 0.3) is 0 Å². The molecule has 0 fully saturated rings. The van der Waals surface area contributed by atoms with Crippen LogP contribution in [0.5, 0.6) is 0 Å². The van der Waals surface area contributed by atoms with Crippen molar-refractivity contribution in [3.8, 4) is 0 Å². The number of benzene rings is 1. The van der Waals surface area contributed by atoms with Crippen LogP contribution < -0.4 is 0 Å². The molecule has 2 heteroatoms. The van der Waals surface area contributed by atoms with Crippen LogP contribution in [-0.2, 0) is 16.6 Å². The predicted octanol–water partition coefficient (Wildman–Crippen LogP) is 2.66. The molecule has 0 atom stereocenters. The highest BCUT2D eigenvalue weighted by atomic mass is 16.1. The van der Waals surface area contributed by atoms with Crippen LogP contribution >= 0.6 is 0 Å². The molecule has 0 spiro atoms. The summed E-state index contributed by atoms with van der Waals surface area (Å²) in [6, 6.07) is 8.37. The highest BCUT2D eigenvalue weighted by Crippen LogP contribution is 2.22. The summed E-state index contributed by atoms with van der Waals surface area (Å²) < 4.78 is 0. The van der Waals surface area contributed by atoms with Gasteiger partial charge < -0.3 is 4.90 Å². The van der Waals surface area contributed by atoms with Crippen molar-refractivity contribution in [2.24, 2.45) is 0 Å². The molecule has 2 nitrogen and oxygen atoms in total. The molecule has 17 heavy (non-hydrogen) atoms. The molecule has 0 bridgehead atoms. The molecule has 0 saturated heterocycles. The minimum atomic E-state index is 0.173. The molecule has 0 amide bonds. The molecule has 0 heterocycles. The van der Waals surface area contributed by atoms with Gasteiger partial charge in [-0.2, -0.15) is 0 Å². The number of ketones is 1. The molecule has 1 aromatic rings. The van der Waals surface area contributed by atoms with E-state index in [1.807, 2.05) is 19.0 Å². The lowest BCUT2D eigenvalue weighted by molar-refractivity contribution is -0.119. The summed E-state index contributed by atoms with van der Waals surface area (Å²) in [5.41, 5.74) is 2.58. The maximum absolute atomic E-state index is 11.7. The van der Waals surface area contributed by atoms with E-state index in [1.54, 1.807) is 0 Å². The maximum atomic E-state index is 11.7. The van der Waals surface area contributed by atoms with Crippen molar-refractivity contribution in [3.05, 3.63) is 35.4 Å². The Morgan fingerprint density at radius 2 is 1.65 bits per heavy atom. The van der Waals surface area contributed by atoms with E-state index >= 15 is 0 Å². The van der Waals surface area contributed by atoms with Gasteiger partial charge in [-0.15, -0.1) is 0 Å². The lowest BCUT2D eigenvalue weighted by atomic mass is 9.86. The maximum Gasteiger partial charge on any atom is 0.151 e. The number of carbonyl (C=O) groups is 1. The lowest BCUT2D eigenvalue weighted by Crippen LogP contribution is -2.23. The molecule has 0 aliphatic heterocycles. The van der Waals surface area contributed by atoms with Gasteiger partial charge in [0.15, 0.2) is 5.78 Å². The van der Waals surface area contributed by atoms with Crippen LogP contribution in [0.25, 0.3) is 0 Å². The monoisotopic (exact) mass is 233 g/mol. The highest BCUT2D eigenvalue weighted by Gasteiger charge is 2.13. The fourth-order valence-corrected chi connectivity index (χ4v) is 1.76. The number of nitrogens with zero attached hydrogens (tertiary/aromatic N) is 1. The summed E-state index contributed by atoms with van der Waals surface area (Å²) in [5.74, 6) is 0.263. The highest BCUT2D eigenvalue weighted by molar-refractivity contribution is 5.82. The molecule has 1 rings (SSSR count). The predicted molar refractivity (Wildman–Crippen MR) is 72.4 cm³/mol. The van der Waals surface area contributed by atoms with Crippen molar-refractivity contribution in [2.45, 2.75) is 32.6 Å². The van der Waals surface area contributed by atoms with Crippen molar-refractivity contribution in [1.82, 2.24) is 4.90 Å². The number of hydrogen-bond acceptors (Lipinski definition) is 2. The van der Waals surface area contributed by atoms with Gasteiger partial charge in [0, 0.05) is 6.42 Å². The first-order valence-electron chi connectivity index (χ1n) is 6.05. The summed E-state index contributed by atoms with van der Waals surface area (Å²) in [6.07, 6.45) is 0.530. The van der Waals surface area contributed by atoms with E-state index in [0.717, 1.165) is 5.56 Å². The fourth-order valence-electron chi connectivity index (χ4n) is 1.76. The van der Waals surface area contributed by atoms with E-state index in [-0.39, 0.29) is 11.2 Å². The van der Waals surface area contributed by atoms with E-state index in [4.69, 9.17) is 0 Å². The summed E-state index contributed by atoms with van der Waals surface area (Å²) in [7, 11) is 3.83. The van der Waals surface area contributed by atoms with Gasteiger partial charge in [0.1, 0.15) is 0 Å². The van der Waals surface area contributed by atoms with Crippen molar-refractivity contribution in [1.29, 1.82) is 0 Å². The minimum absolute atomic E-state index is 0.173. The smallest absolute Gasteiger partial charge is 0.151 e. The molecule has 0 N–H and O–H groups in total. The molecule has 94 valence electrons. The van der Waals surface area contributed by atoms with Crippen molar-refractivity contribution in [2.75, 3.05) is 20.6 Å². The Kier molecular flexibility index (Phi) is 4.47. The van der Waals surface area contributed by atoms with E-state index in [9.17, 15) is 4.79 Å². The van der Waals surface area contributed by atoms with E-state index in [0.29, 0.717) is 13.0 Å². The molecule has 0 aliphatic carbocycles. The second-order valence-corrected chi connectivity index (χ2v) is 5.90. The second kappa shape index (κ2) is 5.46. The van der Waals surface area contributed by atoms with Crippen LogP contribution in [0.1, 0.15) is 31.9 Å². The first-order chi connectivity index (χ1) is 7.79. The SMILES string of the molecule is CN(C)CC(=O)Cc1ccc(C(C)(C)C)cc1. The van der Waals surface area contributed by atoms with E-state index in [1.165, 1.54) is 5.56 Å². The summed E-state index contributed by atoms with van der Waals surface area (Å²) in [6.45, 7) is 7.10. The van der Waals surface area contributed by atoms with Gasteiger partial charge in [0.05, 0.1) is 6.54 Å². The van der Waals surface area contributed by atoms with Crippen LogP contribution in [0.15, 0.2) is 24.3 Å². The molecule has 0 radical (unpaired) electrons. The Morgan fingerprint density at radius 1 is 1.12 bits per heavy atom. The van der Waals surface area contributed by atoms with Crippen molar-refractivity contribution >= 4 is 5.78 Å². The van der Waals surface area contributed by atoms with Crippen LogP contribution in [0.4, 0.5) is 0 Å². The molecule has 0 aliphatic rings. The quantitative estimate of drug-likeness (QED) is 0.797. The Bertz CT molecular complexity index is 371. The Labute approximate surface area is 105 Å². The summed E-state index contributed by atoms with van der Waals surface area (Å²) in [5, 5.41) is 0. The van der Waals surface area contributed by atoms with Crippen LogP contribution in [-0.4, -0.2) is 31.3 Å². The molecular weight excluding hydrogens is 210 g/mol. The Morgan fingerprint density at radius 3 is 2.06 bits per heavy atom. The lowest BCUT2D eigenvalue weighted by Gasteiger charge is -2.19. The third-order valence-electron chi connectivity index (χ3n) is 2.71. The topological polar surface area (TPSA) is 20.3 Å². The fraction of sp³-hybridized carbons (Fsp3) is 0.533. The van der Waals surface area contributed by atoms with Crippen molar-refractivity contribution in [3.63, 3.8) is 0 Å². The van der Waals surface area contributed by atoms with Crippen LogP contribution in [0.2, 0.25) is 0 Å². The van der Waals surface area contributed by atoms with Crippen molar-refractivity contribution < 1.29 is 4.79 Å². The van der Waals surface area contributed by atoms with Gasteiger partial charge in [-0.05, 0) is 30.6 Å². The number of Topliss-reactive ketones (excluding diaryl/α,β-unsaturated/α-hetero) is 1. The summed E-state index contributed by atoms with van der Waals surface area (Å²) >= 11 is 0. The normalized spacial score (nSPS) is 11.9. The molecule has 0 aromatic heterocycles. The zero-order valence-electron chi connectivity index (χ0n) is 11.6.